The first-order valence-electron chi connectivity index (χ1n) is 8.09. The van der Waals surface area contributed by atoms with Crippen molar-refractivity contribution >= 4 is 23.9 Å². The predicted octanol–water partition coefficient (Wildman–Crippen LogP) is 3.03. The zero-order chi connectivity index (χ0) is 17.4. The van der Waals surface area contributed by atoms with Crippen LogP contribution in [-0.4, -0.2) is 28.7 Å². The van der Waals surface area contributed by atoms with Crippen LogP contribution in [0.1, 0.15) is 39.1 Å². The lowest BCUT2D eigenvalue weighted by molar-refractivity contribution is -0.147. The Labute approximate surface area is 144 Å². The number of imide groups is 1. The number of rotatable bonds is 2. The van der Waals surface area contributed by atoms with Crippen molar-refractivity contribution in [3.8, 4) is 0 Å². The van der Waals surface area contributed by atoms with Crippen LogP contribution < -0.4 is 0 Å². The Kier molecular flexibility index (Phi) is 3.69. The fourth-order valence-electron chi connectivity index (χ4n) is 3.21. The lowest BCUT2D eigenvalue weighted by Crippen LogP contribution is -2.47. The van der Waals surface area contributed by atoms with E-state index in [1.165, 1.54) is 0 Å². The third-order valence-corrected chi connectivity index (χ3v) is 4.43. The molecular formula is C20H15NO4. The number of allylic oxidation sites excluding steroid dienone is 1. The third-order valence-electron chi connectivity index (χ3n) is 4.43. The van der Waals surface area contributed by atoms with Crippen LogP contribution in [0, 0.1) is 0 Å². The van der Waals surface area contributed by atoms with Gasteiger partial charge in [0.1, 0.15) is 11.8 Å². The van der Waals surface area contributed by atoms with Crippen LogP contribution in [0.15, 0.2) is 60.4 Å². The van der Waals surface area contributed by atoms with Crippen LogP contribution in [0.3, 0.4) is 0 Å². The average molecular weight is 333 g/mol. The number of fused-ring (bicyclic) bond motifs is 1. The molecule has 4 rings (SSSR count). The van der Waals surface area contributed by atoms with E-state index in [1.54, 1.807) is 30.3 Å². The molecule has 2 heterocycles. The van der Waals surface area contributed by atoms with Crippen LogP contribution >= 0.6 is 0 Å². The number of nitrogens with zero attached hydrogens (tertiary/aromatic N) is 1. The van der Waals surface area contributed by atoms with Gasteiger partial charge in [0.05, 0.1) is 11.1 Å². The summed E-state index contributed by atoms with van der Waals surface area (Å²) in [6, 6.07) is 15.3. The topological polar surface area (TPSA) is 63.7 Å². The Hall–Kier alpha value is -3.21. The summed E-state index contributed by atoms with van der Waals surface area (Å²) in [5, 5.41) is 0. The van der Waals surface area contributed by atoms with Gasteiger partial charge in [-0.1, -0.05) is 42.5 Å². The number of carbonyl (C=O) groups excluding carboxylic acids is 3. The SMILES string of the molecule is O=C1O/C(=C\c2ccccc2)CC[C@@H]1N1C(=O)c2ccccc2C1=O. The minimum atomic E-state index is -0.875. The van der Waals surface area contributed by atoms with E-state index in [1.807, 2.05) is 30.3 Å². The molecule has 0 spiro atoms. The van der Waals surface area contributed by atoms with Gasteiger partial charge in [0.15, 0.2) is 0 Å². The molecule has 2 aliphatic rings. The maximum Gasteiger partial charge on any atom is 0.334 e. The maximum absolute atomic E-state index is 12.5. The zero-order valence-electron chi connectivity index (χ0n) is 13.3. The minimum absolute atomic E-state index is 0.339. The predicted molar refractivity (Wildman–Crippen MR) is 90.5 cm³/mol. The van der Waals surface area contributed by atoms with E-state index in [0.717, 1.165) is 10.5 Å². The number of amides is 2. The van der Waals surface area contributed by atoms with E-state index in [-0.39, 0.29) is 0 Å². The highest BCUT2D eigenvalue weighted by Crippen LogP contribution is 2.30. The molecule has 0 unspecified atom stereocenters. The molecule has 1 atom stereocenters. The monoisotopic (exact) mass is 333 g/mol. The molecule has 0 N–H and O–H groups in total. The second-order valence-corrected chi connectivity index (χ2v) is 6.02. The van der Waals surface area contributed by atoms with Crippen LogP contribution in [0.5, 0.6) is 0 Å². The van der Waals surface area contributed by atoms with Gasteiger partial charge in [-0.3, -0.25) is 14.5 Å². The molecule has 2 aliphatic heterocycles. The number of esters is 1. The van der Waals surface area contributed by atoms with Crippen molar-refractivity contribution < 1.29 is 19.1 Å². The molecular weight excluding hydrogens is 318 g/mol. The molecule has 1 fully saturated rings. The van der Waals surface area contributed by atoms with Gasteiger partial charge in [-0.2, -0.15) is 0 Å². The number of benzene rings is 2. The highest BCUT2D eigenvalue weighted by atomic mass is 16.5. The second-order valence-electron chi connectivity index (χ2n) is 6.02. The van der Waals surface area contributed by atoms with Crippen LogP contribution in [0.2, 0.25) is 0 Å². The normalized spacial score (nSPS) is 21.4. The van der Waals surface area contributed by atoms with Crippen molar-refractivity contribution in [2.75, 3.05) is 0 Å². The molecule has 5 heteroatoms. The fourth-order valence-corrected chi connectivity index (χ4v) is 3.21. The Morgan fingerprint density at radius 2 is 1.48 bits per heavy atom. The Balaban J connectivity index is 1.55. The summed E-state index contributed by atoms with van der Waals surface area (Å²) in [5.74, 6) is -0.886. The molecule has 0 saturated carbocycles. The molecule has 2 aromatic carbocycles. The summed E-state index contributed by atoms with van der Waals surface area (Å²) in [6.45, 7) is 0. The number of hydrogen-bond acceptors (Lipinski definition) is 4. The molecule has 25 heavy (non-hydrogen) atoms. The quantitative estimate of drug-likeness (QED) is 0.626. The highest BCUT2D eigenvalue weighted by Gasteiger charge is 2.44. The van der Waals surface area contributed by atoms with E-state index < -0.39 is 23.8 Å². The Morgan fingerprint density at radius 3 is 2.08 bits per heavy atom. The van der Waals surface area contributed by atoms with Gasteiger partial charge in [0.25, 0.3) is 11.8 Å². The third kappa shape index (κ3) is 2.63. The van der Waals surface area contributed by atoms with Crippen molar-refractivity contribution in [1.82, 2.24) is 4.90 Å². The molecule has 0 aliphatic carbocycles. The summed E-state index contributed by atoms with van der Waals surface area (Å²) in [7, 11) is 0. The van der Waals surface area contributed by atoms with Gasteiger partial charge in [0.2, 0.25) is 0 Å². The van der Waals surface area contributed by atoms with E-state index in [9.17, 15) is 14.4 Å². The second kappa shape index (κ2) is 6.02. The Morgan fingerprint density at radius 1 is 0.880 bits per heavy atom. The molecule has 1 saturated heterocycles. The average Bonchev–Trinajstić information content (AvgIpc) is 2.88. The number of carbonyl (C=O) groups is 3. The molecule has 124 valence electrons. The number of cyclic esters (lactones) is 1. The largest absolute Gasteiger partial charge is 0.430 e. The highest BCUT2D eigenvalue weighted by molar-refractivity contribution is 6.22. The number of hydrogen-bond donors (Lipinski definition) is 0. The van der Waals surface area contributed by atoms with Crippen molar-refractivity contribution in [3.05, 3.63) is 77.0 Å². The van der Waals surface area contributed by atoms with Gasteiger partial charge in [-0.25, -0.2) is 4.79 Å². The summed E-state index contributed by atoms with van der Waals surface area (Å²) >= 11 is 0. The summed E-state index contributed by atoms with van der Waals surface area (Å²) in [4.78, 5) is 38.5. The molecule has 2 aromatic rings. The van der Waals surface area contributed by atoms with Gasteiger partial charge in [-0.15, -0.1) is 0 Å². The zero-order valence-corrected chi connectivity index (χ0v) is 13.3. The van der Waals surface area contributed by atoms with E-state index >= 15 is 0 Å². The van der Waals surface area contributed by atoms with Crippen LogP contribution in [0.25, 0.3) is 6.08 Å². The van der Waals surface area contributed by atoms with E-state index in [4.69, 9.17) is 4.74 Å². The lowest BCUT2D eigenvalue weighted by atomic mass is 10.0. The standard InChI is InChI=1S/C20H15NO4/c22-18-15-8-4-5-9-16(15)19(23)21(18)17-11-10-14(25-20(17)24)12-13-6-2-1-3-7-13/h1-9,12,17H,10-11H2/b14-12-/t17-/m0/s1. The van der Waals surface area contributed by atoms with Crippen LogP contribution in [0.4, 0.5) is 0 Å². The van der Waals surface area contributed by atoms with E-state index in [2.05, 4.69) is 0 Å². The smallest absolute Gasteiger partial charge is 0.334 e. The Bertz CT molecular complexity index is 866. The molecule has 5 nitrogen and oxygen atoms in total. The van der Waals surface area contributed by atoms with Gasteiger partial charge in [0, 0.05) is 6.42 Å². The summed E-state index contributed by atoms with van der Waals surface area (Å²) in [5.41, 5.74) is 1.61. The molecule has 0 aromatic heterocycles. The molecule has 0 radical (unpaired) electrons. The summed E-state index contributed by atoms with van der Waals surface area (Å²) < 4.78 is 5.39. The summed E-state index contributed by atoms with van der Waals surface area (Å²) in [6.07, 6.45) is 2.65. The van der Waals surface area contributed by atoms with Crippen molar-refractivity contribution in [1.29, 1.82) is 0 Å². The maximum atomic E-state index is 12.5. The first-order valence-corrected chi connectivity index (χ1v) is 8.09. The number of ether oxygens (including phenoxy) is 1. The first kappa shape index (κ1) is 15.3. The van der Waals surface area contributed by atoms with Gasteiger partial charge in [-0.05, 0) is 30.2 Å². The van der Waals surface area contributed by atoms with E-state index in [0.29, 0.717) is 29.7 Å². The van der Waals surface area contributed by atoms with Crippen molar-refractivity contribution in [2.45, 2.75) is 18.9 Å². The first-order chi connectivity index (χ1) is 12.1. The van der Waals surface area contributed by atoms with Crippen molar-refractivity contribution in [3.63, 3.8) is 0 Å². The minimum Gasteiger partial charge on any atom is -0.430 e. The van der Waals surface area contributed by atoms with Gasteiger partial charge < -0.3 is 4.74 Å². The van der Waals surface area contributed by atoms with Gasteiger partial charge >= 0.3 is 5.97 Å². The molecule has 0 bridgehead atoms. The van der Waals surface area contributed by atoms with Crippen LogP contribution in [-0.2, 0) is 9.53 Å². The lowest BCUT2D eigenvalue weighted by Gasteiger charge is -2.28. The van der Waals surface area contributed by atoms with Crippen molar-refractivity contribution in [2.24, 2.45) is 0 Å². The fraction of sp³-hybridized carbons (Fsp3) is 0.150. The molecule has 2 amide bonds.